The predicted molar refractivity (Wildman–Crippen MR) is 72.0 cm³/mol. The van der Waals surface area contributed by atoms with Crippen LogP contribution in [0.3, 0.4) is 0 Å². The van der Waals surface area contributed by atoms with E-state index in [4.69, 9.17) is 4.74 Å². The highest BCUT2D eigenvalue weighted by molar-refractivity contribution is 5.98. The number of nitrogens with zero attached hydrogens (tertiary/aromatic N) is 2. The van der Waals surface area contributed by atoms with Crippen LogP contribution in [0.5, 0.6) is 0 Å². The van der Waals surface area contributed by atoms with Crippen LogP contribution >= 0.6 is 0 Å². The molecule has 0 spiro atoms. The molecule has 0 aromatic carbocycles. The summed E-state index contributed by atoms with van der Waals surface area (Å²) in [6.07, 6.45) is 1.85. The van der Waals surface area contributed by atoms with Gasteiger partial charge >= 0.3 is 0 Å². The Bertz CT molecular complexity index is 392. The van der Waals surface area contributed by atoms with Crippen LogP contribution in [-0.2, 0) is 4.74 Å². The van der Waals surface area contributed by atoms with Crippen LogP contribution in [0.25, 0.3) is 0 Å². The van der Waals surface area contributed by atoms with Crippen LogP contribution in [-0.4, -0.2) is 44.2 Å². The van der Waals surface area contributed by atoms with E-state index in [0.717, 1.165) is 0 Å². The Morgan fingerprint density at radius 1 is 1.50 bits per heavy atom. The average Bonchev–Trinajstić information content (AvgIpc) is 2.34. The smallest absolute Gasteiger partial charge is 0.255 e. The number of carbonyl (C=O) groups is 1. The van der Waals surface area contributed by atoms with Crippen molar-refractivity contribution in [3.8, 4) is 0 Å². The third-order valence-corrected chi connectivity index (χ3v) is 2.29. The van der Waals surface area contributed by atoms with Gasteiger partial charge in [-0.15, -0.1) is 0 Å². The quantitative estimate of drug-likeness (QED) is 0.774. The Labute approximate surface area is 108 Å². The van der Waals surface area contributed by atoms with Crippen molar-refractivity contribution in [2.24, 2.45) is 0 Å². The molecule has 0 radical (unpaired) electrons. The Kier molecular flexibility index (Phi) is 5.58. The van der Waals surface area contributed by atoms with Crippen LogP contribution in [0.15, 0.2) is 18.3 Å². The van der Waals surface area contributed by atoms with Crippen molar-refractivity contribution in [2.75, 3.05) is 32.1 Å². The van der Waals surface area contributed by atoms with Gasteiger partial charge in [-0.25, -0.2) is 4.98 Å². The van der Waals surface area contributed by atoms with Crippen LogP contribution < -0.4 is 10.2 Å². The lowest BCUT2D eigenvalue weighted by atomic mass is 10.2. The molecule has 0 saturated carbocycles. The molecule has 1 aromatic rings. The van der Waals surface area contributed by atoms with Crippen molar-refractivity contribution in [2.45, 2.75) is 20.0 Å². The molecule has 0 saturated heterocycles. The number of aromatic nitrogens is 1. The van der Waals surface area contributed by atoms with Crippen molar-refractivity contribution in [3.05, 3.63) is 23.9 Å². The zero-order chi connectivity index (χ0) is 13.5. The molecule has 1 rings (SSSR count). The molecule has 5 heteroatoms. The molecule has 0 aliphatic rings. The fraction of sp³-hybridized carbons (Fsp3) is 0.538. The molecule has 18 heavy (non-hydrogen) atoms. The highest BCUT2D eigenvalue weighted by atomic mass is 16.5. The number of carbonyl (C=O) groups excluding carboxylic acids is 1. The molecule has 0 fully saturated rings. The first-order chi connectivity index (χ1) is 8.52. The van der Waals surface area contributed by atoms with Crippen molar-refractivity contribution in [1.82, 2.24) is 10.3 Å². The van der Waals surface area contributed by atoms with E-state index in [-0.39, 0.29) is 12.0 Å². The Morgan fingerprint density at radius 3 is 2.83 bits per heavy atom. The second-order valence-corrected chi connectivity index (χ2v) is 4.44. The predicted octanol–water partition coefficient (Wildman–Crippen LogP) is 1.30. The van der Waals surface area contributed by atoms with Gasteiger partial charge < -0.3 is 15.0 Å². The van der Waals surface area contributed by atoms with Crippen LogP contribution in [0.1, 0.15) is 24.2 Å². The molecule has 0 unspecified atom stereocenters. The zero-order valence-corrected chi connectivity index (χ0v) is 11.4. The van der Waals surface area contributed by atoms with Gasteiger partial charge in [-0.3, -0.25) is 4.79 Å². The number of nitrogens with one attached hydrogen (secondary N) is 1. The summed E-state index contributed by atoms with van der Waals surface area (Å²) in [7, 11) is 3.72. The van der Waals surface area contributed by atoms with Gasteiger partial charge in [0.05, 0.1) is 18.3 Å². The second kappa shape index (κ2) is 6.96. The minimum absolute atomic E-state index is 0.126. The number of pyridine rings is 1. The summed E-state index contributed by atoms with van der Waals surface area (Å²) in [5.41, 5.74) is 0.576. The number of hydrogen-bond donors (Lipinski definition) is 1. The first kappa shape index (κ1) is 14.4. The van der Waals surface area contributed by atoms with Gasteiger partial charge in [0.2, 0.25) is 0 Å². The van der Waals surface area contributed by atoms with E-state index < -0.39 is 0 Å². The number of hydrogen-bond acceptors (Lipinski definition) is 4. The lowest BCUT2D eigenvalue weighted by Gasteiger charge is -2.15. The van der Waals surface area contributed by atoms with Crippen molar-refractivity contribution in [3.63, 3.8) is 0 Å². The summed E-state index contributed by atoms with van der Waals surface area (Å²) in [5, 5.41) is 2.82. The number of amides is 1. The van der Waals surface area contributed by atoms with Gasteiger partial charge in [0, 0.05) is 26.8 Å². The fourth-order valence-corrected chi connectivity index (χ4v) is 1.48. The van der Waals surface area contributed by atoms with Crippen LogP contribution in [0, 0.1) is 0 Å². The van der Waals surface area contributed by atoms with Gasteiger partial charge in [0.25, 0.3) is 5.91 Å². The first-order valence-corrected chi connectivity index (χ1v) is 6.04. The van der Waals surface area contributed by atoms with E-state index in [2.05, 4.69) is 10.3 Å². The maximum Gasteiger partial charge on any atom is 0.255 e. The fourth-order valence-electron chi connectivity index (χ4n) is 1.48. The highest BCUT2D eigenvalue weighted by Crippen LogP contribution is 2.13. The first-order valence-electron chi connectivity index (χ1n) is 6.04. The summed E-state index contributed by atoms with van der Waals surface area (Å²) in [6.45, 7) is 4.94. The lowest BCUT2D eigenvalue weighted by molar-refractivity contribution is 0.0746. The number of ether oxygens (including phenoxy) is 1. The van der Waals surface area contributed by atoms with E-state index in [1.54, 1.807) is 18.3 Å². The van der Waals surface area contributed by atoms with Crippen molar-refractivity contribution in [1.29, 1.82) is 0 Å². The molecule has 0 aliphatic heterocycles. The van der Waals surface area contributed by atoms with Crippen LogP contribution in [0.4, 0.5) is 5.82 Å². The van der Waals surface area contributed by atoms with Gasteiger partial charge in [0.1, 0.15) is 5.82 Å². The molecule has 0 aliphatic carbocycles. The van der Waals surface area contributed by atoms with Gasteiger partial charge in [-0.1, -0.05) is 0 Å². The second-order valence-electron chi connectivity index (χ2n) is 4.44. The molecule has 1 N–H and O–H groups in total. The summed E-state index contributed by atoms with van der Waals surface area (Å²) >= 11 is 0. The Morgan fingerprint density at radius 2 is 2.22 bits per heavy atom. The van der Waals surface area contributed by atoms with Gasteiger partial charge in [-0.05, 0) is 26.0 Å². The molecule has 0 bridgehead atoms. The van der Waals surface area contributed by atoms with E-state index in [0.29, 0.717) is 24.5 Å². The maximum atomic E-state index is 12.0. The monoisotopic (exact) mass is 251 g/mol. The van der Waals surface area contributed by atoms with Gasteiger partial charge in [0.15, 0.2) is 0 Å². The standard InChI is InChI=1S/C13H21N3O2/c1-10(2)18-9-8-15-13(17)11-6-5-7-14-12(11)16(3)4/h5-7,10H,8-9H2,1-4H3,(H,15,17). The minimum Gasteiger partial charge on any atom is -0.377 e. The minimum atomic E-state index is -0.126. The largest absolute Gasteiger partial charge is 0.377 e. The molecule has 100 valence electrons. The summed E-state index contributed by atoms with van der Waals surface area (Å²) < 4.78 is 5.37. The summed E-state index contributed by atoms with van der Waals surface area (Å²) in [4.78, 5) is 18.0. The summed E-state index contributed by atoms with van der Waals surface area (Å²) in [5.74, 6) is 0.541. The Hall–Kier alpha value is -1.62. The molecule has 1 aromatic heterocycles. The van der Waals surface area contributed by atoms with E-state index in [1.165, 1.54) is 0 Å². The average molecular weight is 251 g/mol. The van der Waals surface area contributed by atoms with Crippen molar-refractivity contribution < 1.29 is 9.53 Å². The molecular weight excluding hydrogens is 230 g/mol. The maximum absolute atomic E-state index is 12.0. The molecule has 1 heterocycles. The van der Waals surface area contributed by atoms with Gasteiger partial charge in [-0.2, -0.15) is 0 Å². The lowest BCUT2D eigenvalue weighted by Crippen LogP contribution is -2.29. The summed E-state index contributed by atoms with van der Waals surface area (Å²) in [6, 6.07) is 3.52. The number of rotatable bonds is 6. The van der Waals surface area contributed by atoms with Crippen molar-refractivity contribution >= 4 is 11.7 Å². The Balaban J connectivity index is 2.56. The third-order valence-electron chi connectivity index (χ3n) is 2.29. The van der Waals surface area contributed by atoms with Crippen LogP contribution in [0.2, 0.25) is 0 Å². The number of anilines is 1. The molecule has 1 amide bonds. The third kappa shape index (κ3) is 4.33. The molecule has 5 nitrogen and oxygen atoms in total. The molecular formula is C13H21N3O2. The highest BCUT2D eigenvalue weighted by Gasteiger charge is 2.12. The topological polar surface area (TPSA) is 54.5 Å². The zero-order valence-electron chi connectivity index (χ0n) is 11.4. The normalized spacial score (nSPS) is 10.5. The van der Waals surface area contributed by atoms with E-state index >= 15 is 0 Å². The molecule has 0 atom stereocenters. The SMILES string of the molecule is CC(C)OCCNC(=O)c1cccnc1N(C)C. The van der Waals surface area contributed by atoms with E-state index in [1.807, 2.05) is 32.8 Å². The van der Waals surface area contributed by atoms with E-state index in [9.17, 15) is 4.79 Å².